The Morgan fingerprint density at radius 1 is 1.31 bits per heavy atom. The SMILES string of the molecule is CC(CCN)CCC(=O)NCCN. The molecule has 4 heteroatoms. The molecule has 13 heavy (non-hydrogen) atoms. The molecule has 4 nitrogen and oxygen atoms in total. The Balaban J connectivity index is 3.34. The topological polar surface area (TPSA) is 81.1 Å². The Labute approximate surface area is 80.0 Å². The Kier molecular flexibility index (Phi) is 7.63. The maximum Gasteiger partial charge on any atom is 0.220 e. The van der Waals surface area contributed by atoms with Crippen molar-refractivity contribution < 1.29 is 4.79 Å². The molecular formula is C9H21N3O. The molecule has 0 saturated heterocycles. The van der Waals surface area contributed by atoms with Gasteiger partial charge < -0.3 is 16.8 Å². The summed E-state index contributed by atoms with van der Waals surface area (Å²) < 4.78 is 0. The minimum Gasteiger partial charge on any atom is -0.355 e. The van der Waals surface area contributed by atoms with Crippen molar-refractivity contribution in [3.63, 3.8) is 0 Å². The minimum absolute atomic E-state index is 0.0920. The molecule has 5 N–H and O–H groups in total. The molecule has 0 aromatic heterocycles. The van der Waals surface area contributed by atoms with Crippen LogP contribution in [0.4, 0.5) is 0 Å². The van der Waals surface area contributed by atoms with E-state index in [9.17, 15) is 4.79 Å². The number of hydrogen-bond donors (Lipinski definition) is 3. The first kappa shape index (κ1) is 12.4. The molecule has 0 aliphatic heterocycles. The first-order chi connectivity index (χ1) is 6.20. The summed E-state index contributed by atoms with van der Waals surface area (Å²) in [4.78, 5) is 11.1. The normalized spacial score (nSPS) is 12.5. The van der Waals surface area contributed by atoms with Crippen molar-refractivity contribution in [3.05, 3.63) is 0 Å². The van der Waals surface area contributed by atoms with Crippen LogP contribution in [-0.4, -0.2) is 25.5 Å². The molecule has 0 aromatic carbocycles. The fourth-order valence-electron chi connectivity index (χ4n) is 1.11. The van der Waals surface area contributed by atoms with Gasteiger partial charge in [-0.3, -0.25) is 4.79 Å². The summed E-state index contributed by atoms with van der Waals surface area (Å²) in [5.41, 5.74) is 10.6. The van der Waals surface area contributed by atoms with Crippen molar-refractivity contribution in [1.29, 1.82) is 0 Å². The summed E-state index contributed by atoms with van der Waals surface area (Å²) in [5.74, 6) is 0.628. The highest BCUT2D eigenvalue weighted by Crippen LogP contribution is 2.08. The van der Waals surface area contributed by atoms with Crippen LogP contribution in [0.15, 0.2) is 0 Å². The van der Waals surface area contributed by atoms with Gasteiger partial charge in [0.1, 0.15) is 0 Å². The van der Waals surface area contributed by atoms with E-state index >= 15 is 0 Å². The average molecular weight is 187 g/mol. The Bertz CT molecular complexity index is 139. The molecule has 1 amide bonds. The number of hydrogen-bond acceptors (Lipinski definition) is 3. The van der Waals surface area contributed by atoms with Crippen LogP contribution in [0, 0.1) is 5.92 Å². The Morgan fingerprint density at radius 3 is 2.54 bits per heavy atom. The van der Waals surface area contributed by atoms with Gasteiger partial charge in [-0.1, -0.05) is 6.92 Å². The Morgan fingerprint density at radius 2 is 2.00 bits per heavy atom. The van der Waals surface area contributed by atoms with E-state index in [0.29, 0.717) is 32.0 Å². The van der Waals surface area contributed by atoms with Crippen molar-refractivity contribution in [2.24, 2.45) is 17.4 Å². The van der Waals surface area contributed by atoms with Gasteiger partial charge in [0.05, 0.1) is 0 Å². The molecule has 0 fully saturated rings. The second-order valence-corrected chi connectivity index (χ2v) is 3.36. The number of amides is 1. The van der Waals surface area contributed by atoms with E-state index in [-0.39, 0.29) is 5.91 Å². The third-order valence-electron chi connectivity index (χ3n) is 1.99. The van der Waals surface area contributed by atoms with Crippen LogP contribution < -0.4 is 16.8 Å². The maximum absolute atomic E-state index is 11.1. The molecule has 0 heterocycles. The summed E-state index contributed by atoms with van der Waals surface area (Å²) in [7, 11) is 0. The van der Waals surface area contributed by atoms with Crippen molar-refractivity contribution in [1.82, 2.24) is 5.32 Å². The lowest BCUT2D eigenvalue weighted by atomic mass is 10.0. The van der Waals surface area contributed by atoms with Crippen LogP contribution in [0.25, 0.3) is 0 Å². The second kappa shape index (κ2) is 8.01. The predicted octanol–water partition coefficient (Wildman–Crippen LogP) is -0.174. The van der Waals surface area contributed by atoms with Gasteiger partial charge in [-0.2, -0.15) is 0 Å². The van der Waals surface area contributed by atoms with Gasteiger partial charge in [0.15, 0.2) is 0 Å². The van der Waals surface area contributed by atoms with Gasteiger partial charge in [0.25, 0.3) is 0 Å². The minimum atomic E-state index is 0.0920. The maximum atomic E-state index is 11.1. The number of carbonyl (C=O) groups is 1. The van der Waals surface area contributed by atoms with Crippen LogP contribution in [0.2, 0.25) is 0 Å². The molecular weight excluding hydrogens is 166 g/mol. The Hall–Kier alpha value is -0.610. The highest BCUT2D eigenvalue weighted by atomic mass is 16.1. The molecule has 0 saturated carbocycles. The summed E-state index contributed by atoms with van der Waals surface area (Å²) in [6, 6.07) is 0. The summed E-state index contributed by atoms with van der Waals surface area (Å²) in [6.45, 7) is 3.89. The smallest absolute Gasteiger partial charge is 0.220 e. The fourth-order valence-corrected chi connectivity index (χ4v) is 1.11. The lowest BCUT2D eigenvalue weighted by Gasteiger charge is -2.09. The molecule has 78 valence electrons. The van der Waals surface area contributed by atoms with E-state index in [2.05, 4.69) is 12.2 Å². The first-order valence-electron chi connectivity index (χ1n) is 4.87. The fraction of sp³-hybridized carbons (Fsp3) is 0.889. The highest BCUT2D eigenvalue weighted by molar-refractivity contribution is 5.75. The van der Waals surface area contributed by atoms with Crippen LogP contribution in [0.1, 0.15) is 26.2 Å². The molecule has 0 radical (unpaired) electrons. The number of nitrogens with two attached hydrogens (primary N) is 2. The van der Waals surface area contributed by atoms with Gasteiger partial charge in [0.2, 0.25) is 5.91 Å². The van der Waals surface area contributed by atoms with E-state index in [4.69, 9.17) is 11.5 Å². The summed E-state index contributed by atoms with van der Waals surface area (Å²) >= 11 is 0. The van der Waals surface area contributed by atoms with E-state index in [1.807, 2.05) is 0 Å². The zero-order chi connectivity index (χ0) is 10.1. The molecule has 0 aliphatic carbocycles. The quantitative estimate of drug-likeness (QED) is 0.517. The third kappa shape index (κ3) is 7.74. The number of rotatable bonds is 7. The summed E-state index contributed by atoms with van der Waals surface area (Å²) in [6.07, 6.45) is 2.49. The number of carbonyl (C=O) groups excluding carboxylic acids is 1. The lowest BCUT2D eigenvalue weighted by molar-refractivity contribution is -0.121. The van der Waals surface area contributed by atoms with Crippen LogP contribution in [0.3, 0.4) is 0 Å². The monoisotopic (exact) mass is 187 g/mol. The van der Waals surface area contributed by atoms with Crippen LogP contribution >= 0.6 is 0 Å². The van der Waals surface area contributed by atoms with Gasteiger partial charge in [-0.25, -0.2) is 0 Å². The second-order valence-electron chi connectivity index (χ2n) is 3.36. The van der Waals surface area contributed by atoms with Gasteiger partial charge in [-0.05, 0) is 25.3 Å². The van der Waals surface area contributed by atoms with Gasteiger partial charge >= 0.3 is 0 Å². The highest BCUT2D eigenvalue weighted by Gasteiger charge is 2.04. The third-order valence-corrected chi connectivity index (χ3v) is 1.99. The van der Waals surface area contributed by atoms with Crippen molar-refractivity contribution >= 4 is 5.91 Å². The largest absolute Gasteiger partial charge is 0.355 e. The van der Waals surface area contributed by atoms with E-state index in [0.717, 1.165) is 12.8 Å². The summed E-state index contributed by atoms with van der Waals surface area (Å²) in [5, 5.41) is 2.73. The average Bonchev–Trinajstić information content (AvgIpc) is 2.12. The molecule has 1 atom stereocenters. The lowest BCUT2D eigenvalue weighted by Crippen LogP contribution is -2.29. The van der Waals surface area contributed by atoms with E-state index in [1.165, 1.54) is 0 Å². The molecule has 1 unspecified atom stereocenters. The van der Waals surface area contributed by atoms with Crippen LogP contribution in [-0.2, 0) is 4.79 Å². The first-order valence-corrected chi connectivity index (χ1v) is 4.87. The van der Waals surface area contributed by atoms with Crippen molar-refractivity contribution in [2.75, 3.05) is 19.6 Å². The molecule has 0 spiro atoms. The van der Waals surface area contributed by atoms with Crippen molar-refractivity contribution in [3.8, 4) is 0 Å². The molecule has 0 aromatic rings. The van der Waals surface area contributed by atoms with Crippen LogP contribution in [0.5, 0.6) is 0 Å². The molecule has 0 aliphatic rings. The van der Waals surface area contributed by atoms with Gasteiger partial charge in [-0.15, -0.1) is 0 Å². The molecule has 0 bridgehead atoms. The standard InChI is InChI=1S/C9H21N3O/c1-8(4-5-10)2-3-9(13)12-7-6-11/h8H,2-7,10-11H2,1H3,(H,12,13). The zero-order valence-electron chi connectivity index (χ0n) is 8.38. The molecule has 0 rings (SSSR count). The zero-order valence-corrected chi connectivity index (χ0v) is 8.38. The predicted molar refractivity (Wildman–Crippen MR) is 54.1 cm³/mol. The van der Waals surface area contributed by atoms with E-state index in [1.54, 1.807) is 0 Å². The van der Waals surface area contributed by atoms with Gasteiger partial charge in [0, 0.05) is 19.5 Å². The van der Waals surface area contributed by atoms with E-state index < -0.39 is 0 Å². The van der Waals surface area contributed by atoms with Crippen molar-refractivity contribution in [2.45, 2.75) is 26.2 Å². The number of nitrogens with one attached hydrogen (secondary N) is 1.